The van der Waals surface area contributed by atoms with E-state index in [1.807, 2.05) is 6.07 Å². The predicted molar refractivity (Wildman–Crippen MR) is 168 cm³/mol. The minimum absolute atomic E-state index is 0.0128. The van der Waals surface area contributed by atoms with Gasteiger partial charge in [-0.15, -0.1) is 0 Å². The summed E-state index contributed by atoms with van der Waals surface area (Å²) in [5.41, 5.74) is 0.945. The zero-order valence-corrected chi connectivity index (χ0v) is 26.0. The molecule has 1 unspecified atom stereocenters. The lowest BCUT2D eigenvalue weighted by Crippen LogP contribution is -2.25. The second kappa shape index (κ2) is 13.9. The Balaban J connectivity index is 1.78. The number of methoxy groups -OCH3 is 3. The molecule has 1 heterocycles. The fourth-order valence-electron chi connectivity index (χ4n) is 4.14. The molecule has 0 aliphatic carbocycles. The first-order valence-corrected chi connectivity index (χ1v) is 15.3. The highest BCUT2D eigenvalue weighted by Gasteiger charge is 2.31. The summed E-state index contributed by atoms with van der Waals surface area (Å²) in [4.78, 5) is 18.3. The van der Waals surface area contributed by atoms with Crippen molar-refractivity contribution in [2.75, 3.05) is 26.6 Å². The van der Waals surface area contributed by atoms with Crippen LogP contribution in [-0.4, -0.2) is 40.6 Å². The highest BCUT2D eigenvalue weighted by atomic mass is 32.2. The Bertz CT molecular complexity index is 1860. The van der Waals surface area contributed by atoms with Gasteiger partial charge in [-0.3, -0.25) is 10.1 Å². The van der Waals surface area contributed by atoms with E-state index in [1.54, 1.807) is 43.3 Å². The predicted octanol–water partition coefficient (Wildman–Crippen LogP) is 6.39. The number of sulfone groups is 1. The molecule has 0 aliphatic heterocycles. The van der Waals surface area contributed by atoms with Crippen LogP contribution >= 0.6 is 11.3 Å². The summed E-state index contributed by atoms with van der Waals surface area (Å²) in [7, 11) is 0.420. The average Bonchev–Trinajstić information content (AvgIpc) is 3.44. The highest BCUT2D eigenvalue weighted by Crippen LogP contribution is 2.37. The molecule has 44 heavy (non-hydrogen) atoms. The van der Waals surface area contributed by atoms with Crippen molar-refractivity contribution in [3.8, 4) is 23.3 Å². The summed E-state index contributed by atoms with van der Waals surface area (Å²) < 4.78 is 50.3. The average molecular weight is 632 g/mol. The first-order valence-electron chi connectivity index (χ1n) is 13.0. The quantitative estimate of drug-likeness (QED) is 0.107. The first-order chi connectivity index (χ1) is 21.1. The van der Waals surface area contributed by atoms with Gasteiger partial charge in [0, 0.05) is 17.7 Å². The molecule has 4 aromatic rings. The number of ether oxygens (including phenoxy) is 4. The molecular weight excluding hydrogens is 603 g/mol. The van der Waals surface area contributed by atoms with Gasteiger partial charge in [0.1, 0.15) is 5.75 Å². The number of hydrogen-bond acceptors (Lipinski definition) is 10. The van der Waals surface area contributed by atoms with Crippen LogP contribution in [0.1, 0.15) is 18.6 Å². The van der Waals surface area contributed by atoms with Crippen LogP contribution in [-0.2, 0) is 19.4 Å². The van der Waals surface area contributed by atoms with Crippen LogP contribution in [0.25, 0.3) is 10.2 Å². The number of aromatic nitrogens is 1. The van der Waals surface area contributed by atoms with E-state index in [-0.39, 0.29) is 31.8 Å². The molecule has 0 aliphatic rings. The third kappa shape index (κ3) is 6.91. The third-order valence-corrected chi connectivity index (χ3v) is 9.15. The van der Waals surface area contributed by atoms with Gasteiger partial charge in [-0.1, -0.05) is 42.2 Å². The Kier molecular flexibility index (Phi) is 10.0. The fraction of sp³-hybridized carbons (Fsp3) is 0.156. The van der Waals surface area contributed by atoms with Crippen LogP contribution in [0, 0.1) is 11.3 Å². The maximum Gasteiger partial charge on any atom is 0.271 e. The number of hydrogen-bond donors (Lipinski definition) is 1. The van der Waals surface area contributed by atoms with Crippen molar-refractivity contribution in [2.45, 2.75) is 22.8 Å². The summed E-state index contributed by atoms with van der Waals surface area (Å²) in [6.07, 6.45) is 2.93. The van der Waals surface area contributed by atoms with Gasteiger partial charge in [-0.2, -0.15) is 5.26 Å². The second-order valence-electron chi connectivity index (χ2n) is 9.11. The molecule has 12 heteroatoms. The number of nitrogens with zero attached hydrogens (tertiary/aromatic N) is 2. The number of fused-ring (bicyclic) bond motifs is 1. The number of carbonyl (C=O) groups is 1. The first kappa shape index (κ1) is 31.8. The van der Waals surface area contributed by atoms with Crippen LogP contribution in [0.3, 0.4) is 0 Å². The van der Waals surface area contributed by atoms with Gasteiger partial charge < -0.3 is 18.9 Å². The molecule has 3 aromatic carbocycles. The van der Waals surface area contributed by atoms with E-state index in [0.29, 0.717) is 22.8 Å². The number of allylic oxidation sites excluding steroid dienone is 5. The van der Waals surface area contributed by atoms with Gasteiger partial charge in [0.15, 0.2) is 16.6 Å². The smallest absolute Gasteiger partial charge is 0.271 e. The highest BCUT2D eigenvalue weighted by molar-refractivity contribution is 7.91. The topological polar surface area (TPSA) is 137 Å². The Hall–Kier alpha value is -5.12. The lowest BCUT2D eigenvalue weighted by Gasteiger charge is -2.21. The Morgan fingerprint density at radius 2 is 1.70 bits per heavy atom. The molecule has 1 aromatic heterocycles. The molecule has 1 N–H and O–H groups in total. The van der Waals surface area contributed by atoms with Gasteiger partial charge in [0.05, 0.1) is 58.7 Å². The molecule has 4 rings (SSSR count). The van der Waals surface area contributed by atoms with E-state index >= 15 is 0 Å². The van der Waals surface area contributed by atoms with Crippen molar-refractivity contribution < 1.29 is 32.2 Å². The van der Waals surface area contributed by atoms with E-state index in [4.69, 9.17) is 18.9 Å². The molecule has 0 fully saturated rings. The normalized spacial score (nSPS) is 12.6. The van der Waals surface area contributed by atoms with Crippen LogP contribution in [0.4, 0.5) is 5.13 Å². The van der Waals surface area contributed by atoms with Crippen molar-refractivity contribution in [3.05, 3.63) is 102 Å². The van der Waals surface area contributed by atoms with Gasteiger partial charge in [-0.25, -0.2) is 13.4 Å². The lowest BCUT2D eigenvalue weighted by atomic mass is 10.1. The van der Waals surface area contributed by atoms with Crippen molar-refractivity contribution in [2.24, 2.45) is 0 Å². The second-order valence-corrected chi connectivity index (χ2v) is 12.1. The van der Waals surface area contributed by atoms with Gasteiger partial charge >= 0.3 is 0 Å². The van der Waals surface area contributed by atoms with E-state index in [9.17, 15) is 18.5 Å². The van der Waals surface area contributed by atoms with Gasteiger partial charge in [0.2, 0.25) is 15.9 Å². The summed E-state index contributed by atoms with van der Waals surface area (Å²) in [5.74, 6) is 1.06. The largest absolute Gasteiger partial charge is 0.497 e. The Labute approximate surface area is 259 Å². The number of carbonyl (C=O) groups excluding carboxylic acids is 1. The maximum atomic E-state index is 13.9. The maximum absolute atomic E-state index is 13.9. The molecule has 1 atom stereocenters. The summed E-state index contributed by atoms with van der Waals surface area (Å²) >= 11 is 1.20. The number of nitriles is 1. The Morgan fingerprint density at radius 1 is 1.02 bits per heavy atom. The van der Waals surface area contributed by atoms with E-state index in [1.165, 1.54) is 75.2 Å². The zero-order chi connectivity index (χ0) is 31.9. The van der Waals surface area contributed by atoms with Crippen LogP contribution in [0.15, 0.2) is 107 Å². The zero-order valence-electron chi connectivity index (χ0n) is 24.4. The molecule has 0 spiro atoms. The summed E-state index contributed by atoms with van der Waals surface area (Å²) in [6, 6.07) is 17.5. The minimum Gasteiger partial charge on any atom is -0.497 e. The van der Waals surface area contributed by atoms with Gasteiger partial charge in [0.25, 0.3) is 5.91 Å². The van der Waals surface area contributed by atoms with Crippen LogP contribution < -0.4 is 19.5 Å². The van der Waals surface area contributed by atoms with Crippen LogP contribution in [0.5, 0.6) is 17.2 Å². The van der Waals surface area contributed by atoms with E-state index < -0.39 is 21.8 Å². The standard InChI is InChI=1S/C32H29N3O7S2/c1-6-21(19-33)12-11-20(2)42-30(31(36)35-32-34-25-17-26(40-4)27(41-5)18-28(25)43-32)24-9-7-8-10-29(24)44(37,38)23-15-13-22(39-3)14-16-23/h6-18,30H,1H2,2-5H3,(H,34,35,36)/b20-11+,21-12+. The van der Waals surface area contributed by atoms with E-state index in [0.717, 1.165) is 4.70 Å². The summed E-state index contributed by atoms with van der Waals surface area (Å²) in [5, 5.41) is 12.2. The minimum atomic E-state index is -4.10. The summed E-state index contributed by atoms with van der Waals surface area (Å²) in [6.45, 7) is 5.18. The number of rotatable bonds is 12. The molecule has 0 saturated heterocycles. The van der Waals surface area contributed by atoms with E-state index in [2.05, 4.69) is 16.9 Å². The molecular formula is C32H29N3O7S2. The number of anilines is 1. The lowest BCUT2D eigenvalue weighted by molar-refractivity contribution is -0.125. The molecule has 0 bridgehead atoms. The number of nitrogens with one attached hydrogen (secondary N) is 1. The van der Waals surface area contributed by atoms with Crippen LogP contribution in [0.2, 0.25) is 0 Å². The van der Waals surface area contributed by atoms with Crippen molar-refractivity contribution in [1.82, 2.24) is 4.98 Å². The number of benzene rings is 3. The fourth-order valence-corrected chi connectivity index (χ4v) is 6.52. The molecule has 1 amide bonds. The number of amides is 1. The molecule has 0 saturated carbocycles. The van der Waals surface area contributed by atoms with Crippen molar-refractivity contribution in [1.29, 1.82) is 5.26 Å². The molecule has 10 nitrogen and oxygen atoms in total. The van der Waals surface area contributed by atoms with Gasteiger partial charge in [-0.05, 0) is 49.4 Å². The SMILES string of the molecule is C=C/C(C#N)=C\C=C(/C)OC(C(=O)Nc1nc2cc(OC)c(OC)cc2s1)c1ccccc1S(=O)(=O)c1ccc(OC)cc1. The monoisotopic (exact) mass is 631 g/mol. The third-order valence-electron chi connectivity index (χ3n) is 6.37. The number of thiazole rings is 1. The Morgan fingerprint density at radius 3 is 2.34 bits per heavy atom. The van der Waals surface area contributed by atoms with Crippen molar-refractivity contribution >= 4 is 42.4 Å². The molecule has 0 radical (unpaired) electrons. The molecule has 226 valence electrons. The van der Waals surface area contributed by atoms with Crippen molar-refractivity contribution in [3.63, 3.8) is 0 Å².